The number of pyridine rings is 1. The van der Waals surface area contributed by atoms with Crippen LogP contribution in [0.25, 0.3) is 10.9 Å². The van der Waals surface area contributed by atoms with Crippen LogP contribution < -0.4 is 5.32 Å². The van der Waals surface area contributed by atoms with E-state index in [4.69, 9.17) is 11.6 Å². The van der Waals surface area contributed by atoms with Crippen LogP contribution in [0, 0.1) is 17.0 Å². The maximum absolute atomic E-state index is 12.7. The van der Waals surface area contributed by atoms with Crippen molar-refractivity contribution in [3.05, 3.63) is 73.9 Å². The van der Waals surface area contributed by atoms with E-state index in [2.05, 4.69) is 10.3 Å². The van der Waals surface area contributed by atoms with Gasteiger partial charge in [-0.05, 0) is 49.9 Å². The van der Waals surface area contributed by atoms with Crippen molar-refractivity contribution < 1.29 is 9.72 Å². The Morgan fingerprint density at radius 3 is 2.85 bits per heavy atom. The van der Waals surface area contributed by atoms with Crippen molar-refractivity contribution in [2.75, 3.05) is 5.32 Å². The largest absolute Gasteiger partial charge is 0.321 e. The van der Waals surface area contributed by atoms with Crippen molar-refractivity contribution in [3.8, 4) is 0 Å². The number of carbonyl (C=O) groups is 1. The van der Waals surface area contributed by atoms with Gasteiger partial charge in [0.15, 0.2) is 0 Å². The van der Waals surface area contributed by atoms with Crippen molar-refractivity contribution in [1.29, 1.82) is 0 Å². The van der Waals surface area contributed by atoms with Crippen molar-refractivity contribution in [1.82, 2.24) is 4.98 Å². The highest BCUT2D eigenvalue weighted by Crippen LogP contribution is 2.34. The van der Waals surface area contributed by atoms with Crippen LogP contribution in [0.5, 0.6) is 0 Å². The SMILES string of the molecule is Cc1c(NC(=O)c2ccc3c(Cl)c4c(nc3c2)CCC4)cccc1[N+](=O)[O-]. The Morgan fingerprint density at radius 1 is 1.26 bits per heavy atom. The van der Waals surface area contributed by atoms with E-state index >= 15 is 0 Å². The van der Waals surface area contributed by atoms with Crippen LogP contribution in [0.15, 0.2) is 36.4 Å². The summed E-state index contributed by atoms with van der Waals surface area (Å²) in [6.07, 6.45) is 2.87. The molecule has 0 atom stereocenters. The van der Waals surface area contributed by atoms with Crippen LogP contribution in [0.1, 0.15) is 33.6 Å². The number of nitrogens with one attached hydrogen (secondary N) is 1. The molecule has 136 valence electrons. The summed E-state index contributed by atoms with van der Waals surface area (Å²) < 4.78 is 0. The predicted octanol–water partition coefficient (Wildman–Crippen LogP) is 4.85. The number of amides is 1. The summed E-state index contributed by atoms with van der Waals surface area (Å²) in [5.41, 5.74) is 4.01. The van der Waals surface area contributed by atoms with Gasteiger partial charge in [0, 0.05) is 22.7 Å². The average molecular weight is 382 g/mol. The molecule has 1 aromatic heterocycles. The van der Waals surface area contributed by atoms with Crippen molar-refractivity contribution in [2.45, 2.75) is 26.2 Å². The van der Waals surface area contributed by atoms with E-state index in [1.54, 1.807) is 37.3 Å². The minimum atomic E-state index is -0.465. The molecule has 1 amide bonds. The van der Waals surface area contributed by atoms with Crippen LogP contribution in [0.2, 0.25) is 5.02 Å². The monoisotopic (exact) mass is 381 g/mol. The van der Waals surface area contributed by atoms with Gasteiger partial charge in [-0.15, -0.1) is 0 Å². The molecule has 3 aromatic rings. The van der Waals surface area contributed by atoms with Crippen LogP contribution in [0.4, 0.5) is 11.4 Å². The molecule has 1 N–H and O–H groups in total. The number of benzene rings is 2. The number of rotatable bonds is 3. The van der Waals surface area contributed by atoms with E-state index in [1.165, 1.54) is 6.07 Å². The molecule has 1 aliphatic rings. The summed E-state index contributed by atoms with van der Waals surface area (Å²) in [5, 5.41) is 15.4. The van der Waals surface area contributed by atoms with Crippen LogP contribution in [0.3, 0.4) is 0 Å². The first-order valence-corrected chi connectivity index (χ1v) is 9.00. The molecule has 0 fully saturated rings. The van der Waals surface area contributed by atoms with Gasteiger partial charge in [0.1, 0.15) is 0 Å². The lowest BCUT2D eigenvalue weighted by molar-refractivity contribution is -0.385. The number of nitro groups is 1. The highest BCUT2D eigenvalue weighted by atomic mass is 35.5. The predicted molar refractivity (Wildman–Crippen MR) is 105 cm³/mol. The van der Waals surface area contributed by atoms with Gasteiger partial charge in [-0.3, -0.25) is 19.9 Å². The molecule has 2 aromatic carbocycles. The minimum absolute atomic E-state index is 0.0321. The normalized spacial score (nSPS) is 12.8. The van der Waals surface area contributed by atoms with Crippen LogP contribution >= 0.6 is 11.6 Å². The van der Waals surface area contributed by atoms with Crippen molar-refractivity contribution >= 4 is 39.8 Å². The Kier molecular flexibility index (Phi) is 4.28. The molecule has 27 heavy (non-hydrogen) atoms. The number of nitrogens with zero attached hydrogens (tertiary/aromatic N) is 2. The summed E-state index contributed by atoms with van der Waals surface area (Å²) in [5.74, 6) is -0.348. The quantitative estimate of drug-likeness (QED) is 0.519. The number of hydrogen-bond donors (Lipinski definition) is 1. The molecule has 0 spiro atoms. The number of nitro benzene ring substituents is 1. The zero-order chi connectivity index (χ0) is 19.1. The van der Waals surface area contributed by atoms with E-state index in [1.807, 2.05) is 0 Å². The Bertz CT molecular complexity index is 1110. The lowest BCUT2D eigenvalue weighted by Gasteiger charge is -2.10. The fraction of sp³-hybridized carbons (Fsp3) is 0.200. The Balaban J connectivity index is 1.69. The first-order valence-electron chi connectivity index (χ1n) is 8.62. The first kappa shape index (κ1) is 17.4. The molecule has 0 saturated heterocycles. The second kappa shape index (κ2) is 6.63. The van der Waals surface area contributed by atoms with Gasteiger partial charge in [0.2, 0.25) is 0 Å². The summed E-state index contributed by atoms with van der Waals surface area (Å²) in [7, 11) is 0. The Morgan fingerprint density at radius 2 is 2.07 bits per heavy atom. The van der Waals surface area contributed by atoms with Crippen LogP contribution in [-0.4, -0.2) is 15.8 Å². The zero-order valence-corrected chi connectivity index (χ0v) is 15.3. The summed E-state index contributed by atoms with van der Waals surface area (Å²) in [6.45, 7) is 1.61. The average Bonchev–Trinajstić information content (AvgIpc) is 3.11. The Hall–Kier alpha value is -2.99. The Labute approximate surface area is 160 Å². The fourth-order valence-corrected chi connectivity index (χ4v) is 3.86. The van der Waals surface area contributed by atoms with Gasteiger partial charge in [0.05, 0.1) is 26.7 Å². The molecule has 0 saturated carbocycles. The maximum Gasteiger partial charge on any atom is 0.274 e. The number of aryl methyl sites for hydroxylation is 1. The van der Waals surface area contributed by atoms with Crippen molar-refractivity contribution in [2.24, 2.45) is 0 Å². The van der Waals surface area contributed by atoms with Crippen molar-refractivity contribution in [3.63, 3.8) is 0 Å². The number of anilines is 1. The van der Waals surface area contributed by atoms with Gasteiger partial charge in [-0.2, -0.15) is 0 Å². The molecular formula is C20H16ClN3O3. The number of hydrogen-bond acceptors (Lipinski definition) is 4. The van der Waals surface area contributed by atoms with Gasteiger partial charge in [-0.25, -0.2) is 0 Å². The van der Waals surface area contributed by atoms with Gasteiger partial charge >= 0.3 is 0 Å². The maximum atomic E-state index is 12.7. The number of halogens is 1. The van der Waals surface area contributed by atoms with E-state index < -0.39 is 4.92 Å². The van der Waals surface area contributed by atoms with E-state index in [9.17, 15) is 14.9 Å². The lowest BCUT2D eigenvalue weighted by Crippen LogP contribution is -2.13. The second-order valence-electron chi connectivity index (χ2n) is 6.60. The standard InChI is InChI=1S/C20H16ClN3O3/c1-11-15(5-3-7-18(11)24(26)27)23-20(25)12-8-9-14-17(10-12)22-16-6-2-4-13(16)19(14)21/h3,5,7-10H,2,4,6H2,1H3,(H,23,25). The fourth-order valence-electron chi connectivity index (χ4n) is 3.50. The summed E-state index contributed by atoms with van der Waals surface area (Å²) in [6, 6.07) is 9.81. The minimum Gasteiger partial charge on any atom is -0.321 e. The molecule has 1 aliphatic carbocycles. The lowest BCUT2D eigenvalue weighted by atomic mass is 10.1. The topological polar surface area (TPSA) is 85.1 Å². The molecule has 0 unspecified atom stereocenters. The molecule has 1 heterocycles. The number of fused-ring (bicyclic) bond motifs is 2. The van der Waals surface area contributed by atoms with Gasteiger partial charge < -0.3 is 5.32 Å². The summed E-state index contributed by atoms with van der Waals surface area (Å²) in [4.78, 5) is 27.9. The molecule has 4 rings (SSSR count). The number of aromatic nitrogens is 1. The van der Waals surface area contributed by atoms with Crippen LogP contribution in [-0.2, 0) is 12.8 Å². The number of carbonyl (C=O) groups excluding carboxylic acids is 1. The molecule has 6 nitrogen and oxygen atoms in total. The van der Waals surface area contributed by atoms with E-state index in [0.717, 1.165) is 35.9 Å². The molecule has 0 radical (unpaired) electrons. The zero-order valence-electron chi connectivity index (χ0n) is 14.6. The second-order valence-corrected chi connectivity index (χ2v) is 6.98. The third kappa shape index (κ3) is 3.02. The molecule has 0 bridgehead atoms. The first-order chi connectivity index (χ1) is 13.0. The highest BCUT2D eigenvalue weighted by Gasteiger charge is 2.20. The van der Waals surface area contributed by atoms with Gasteiger partial charge in [0.25, 0.3) is 11.6 Å². The third-order valence-electron chi connectivity index (χ3n) is 4.96. The molecule has 0 aliphatic heterocycles. The van der Waals surface area contributed by atoms with E-state index in [-0.39, 0.29) is 11.6 Å². The highest BCUT2D eigenvalue weighted by molar-refractivity contribution is 6.36. The van der Waals surface area contributed by atoms with E-state index in [0.29, 0.717) is 27.4 Å². The summed E-state index contributed by atoms with van der Waals surface area (Å²) >= 11 is 6.51. The molecular weight excluding hydrogens is 366 g/mol. The molecule has 7 heteroatoms. The smallest absolute Gasteiger partial charge is 0.274 e. The van der Waals surface area contributed by atoms with Gasteiger partial charge in [-0.1, -0.05) is 23.7 Å². The third-order valence-corrected chi connectivity index (χ3v) is 5.39.